The summed E-state index contributed by atoms with van der Waals surface area (Å²) in [6.45, 7) is 6.71. The number of nitrogens with zero attached hydrogens (tertiary/aromatic N) is 1. The first kappa shape index (κ1) is 18.3. The van der Waals surface area contributed by atoms with Crippen molar-refractivity contribution in [3.05, 3.63) is 23.8 Å². The zero-order valence-electron chi connectivity index (χ0n) is 14.8. The van der Waals surface area contributed by atoms with Crippen molar-refractivity contribution < 1.29 is 9.59 Å². The second kappa shape index (κ2) is 8.68. The molecule has 0 aromatic heterocycles. The minimum absolute atomic E-state index is 0.0878. The molecule has 0 radical (unpaired) electrons. The standard InChI is InChI=1S/C18H28N4O2/c1-4-5-10-22(3)11-6-9-19-18(24)14-7-8-15-16(12-14)21-17(23)13(2)20-15/h7-8,12-13,20H,4-6,9-11H2,1-3H3,(H,19,24)(H,21,23)/t13-/m1/s1. The van der Waals surface area contributed by atoms with Crippen molar-refractivity contribution in [3.8, 4) is 0 Å². The molecule has 0 fully saturated rings. The number of carbonyl (C=O) groups excluding carboxylic acids is 2. The van der Waals surface area contributed by atoms with E-state index in [9.17, 15) is 9.59 Å². The summed E-state index contributed by atoms with van der Waals surface area (Å²) < 4.78 is 0. The van der Waals surface area contributed by atoms with Crippen LogP contribution in [0.2, 0.25) is 0 Å². The fourth-order valence-corrected chi connectivity index (χ4v) is 2.65. The third-order valence-electron chi connectivity index (χ3n) is 4.20. The number of carbonyl (C=O) groups is 2. The lowest BCUT2D eigenvalue weighted by Gasteiger charge is -2.24. The molecule has 2 rings (SSSR count). The van der Waals surface area contributed by atoms with Crippen molar-refractivity contribution in [2.24, 2.45) is 0 Å². The Morgan fingerprint density at radius 3 is 2.75 bits per heavy atom. The van der Waals surface area contributed by atoms with E-state index < -0.39 is 0 Å². The molecule has 0 bridgehead atoms. The summed E-state index contributed by atoms with van der Waals surface area (Å²) >= 11 is 0. The predicted molar refractivity (Wildman–Crippen MR) is 97.5 cm³/mol. The molecule has 24 heavy (non-hydrogen) atoms. The van der Waals surface area contributed by atoms with Gasteiger partial charge in [-0.3, -0.25) is 9.59 Å². The Bertz CT molecular complexity index is 588. The number of amides is 2. The topological polar surface area (TPSA) is 73.5 Å². The highest BCUT2D eigenvalue weighted by atomic mass is 16.2. The Balaban J connectivity index is 1.81. The van der Waals surface area contributed by atoms with E-state index >= 15 is 0 Å². The van der Waals surface area contributed by atoms with Gasteiger partial charge in [0.1, 0.15) is 6.04 Å². The van der Waals surface area contributed by atoms with Crippen molar-refractivity contribution in [2.45, 2.75) is 39.2 Å². The molecular weight excluding hydrogens is 304 g/mol. The minimum Gasteiger partial charge on any atom is -0.372 e. The zero-order chi connectivity index (χ0) is 17.5. The fraction of sp³-hybridized carbons (Fsp3) is 0.556. The van der Waals surface area contributed by atoms with Crippen LogP contribution >= 0.6 is 0 Å². The average Bonchev–Trinajstić information content (AvgIpc) is 2.57. The molecule has 1 atom stereocenters. The summed E-state index contributed by atoms with van der Waals surface area (Å²) in [5.41, 5.74) is 2.06. The van der Waals surface area contributed by atoms with E-state index in [1.54, 1.807) is 19.1 Å². The summed E-state index contributed by atoms with van der Waals surface area (Å²) in [4.78, 5) is 26.2. The average molecular weight is 332 g/mol. The van der Waals surface area contributed by atoms with Gasteiger partial charge in [0, 0.05) is 12.1 Å². The molecule has 1 aliphatic heterocycles. The van der Waals surface area contributed by atoms with E-state index in [0.717, 1.165) is 25.2 Å². The van der Waals surface area contributed by atoms with Gasteiger partial charge in [-0.05, 0) is 58.1 Å². The highest BCUT2D eigenvalue weighted by molar-refractivity contribution is 6.05. The van der Waals surface area contributed by atoms with Crippen molar-refractivity contribution >= 4 is 23.2 Å². The van der Waals surface area contributed by atoms with Crippen LogP contribution < -0.4 is 16.0 Å². The Hall–Kier alpha value is -2.08. The minimum atomic E-state index is -0.262. The molecule has 0 saturated heterocycles. The number of anilines is 2. The molecule has 0 spiro atoms. The van der Waals surface area contributed by atoms with Gasteiger partial charge in [-0.2, -0.15) is 0 Å². The molecule has 6 heteroatoms. The molecule has 1 aromatic carbocycles. The predicted octanol–water partition coefficient (Wildman–Crippen LogP) is 2.29. The van der Waals surface area contributed by atoms with Crippen molar-refractivity contribution in [2.75, 3.05) is 37.3 Å². The lowest BCUT2D eigenvalue weighted by molar-refractivity contribution is -0.116. The largest absolute Gasteiger partial charge is 0.372 e. The Kier molecular flexibility index (Phi) is 6.61. The normalized spacial score (nSPS) is 16.3. The maximum absolute atomic E-state index is 12.2. The van der Waals surface area contributed by atoms with Crippen molar-refractivity contribution in [1.29, 1.82) is 0 Å². The van der Waals surface area contributed by atoms with E-state index in [2.05, 4.69) is 34.8 Å². The third kappa shape index (κ3) is 4.96. The van der Waals surface area contributed by atoms with Crippen LogP contribution in [0.1, 0.15) is 43.5 Å². The van der Waals surface area contributed by atoms with Crippen LogP contribution in [0.3, 0.4) is 0 Å². The third-order valence-corrected chi connectivity index (χ3v) is 4.20. The van der Waals surface area contributed by atoms with Gasteiger partial charge in [-0.25, -0.2) is 0 Å². The van der Waals surface area contributed by atoms with Crippen LogP contribution in [-0.2, 0) is 4.79 Å². The second-order valence-corrected chi connectivity index (χ2v) is 6.38. The summed E-state index contributed by atoms with van der Waals surface area (Å²) in [5.74, 6) is -0.197. The van der Waals surface area contributed by atoms with Gasteiger partial charge in [0.2, 0.25) is 5.91 Å². The van der Waals surface area contributed by atoms with Gasteiger partial charge in [-0.1, -0.05) is 13.3 Å². The first-order chi connectivity index (χ1) is 11.5. The molecule has 1 aliphatic rings. The number of hydrogen-bond acceptors (Lipinski definition) is 4. The number of hydrogen-bond donors (Lipinski definition) is 3. The maximum Gasteiger partial charge on any atom is 0.251 e. The number of fused-ring (bicyclic) bond motifs is 1. The molecule has 6 nitrogen and oxygen atoms in total. The molecule has 132 valence electrons. The van der Waals surface area contributed by atoms with Gasteiger partial charge in [0.05, 0.1) is 11.4 Å². The van der Waals surface area contributed by atoms with E-state index in [0.29, 0.717) is 17.8 Å². The van der Waals surface area contributed by atoms with Crippen LogP contribution in [0.4, 0.5) is 11.4 Å². The zero-order valence-corrected chi connectivity index (χ0v) is 14.8. The Morgan fingerprint density at radius 1 is 1.25 bits per heavy atom. The SMILES string of the molecule is CCCCN(C)CCCNC(=O)c1ccc2c(c1)NC(=O)[C@@H](C)N2. The summed E-state index contributed by atoms with van der Waals surface area (Å²) in [7, 11) is 2.11. The van der Waals surface area contributed by atoms with E-state index in [1.807, 2.05) is 6.07 Å². The van der Waals surface area contributed by atoms with Gasteiger partial charge >= 0.3 is 0 Å². The van der Waals surface area contributed by atoms with Gasteiger partial charge in [0.15, 0.2) is 0 Å². The highest BCUT2D eigenvalue weighted by Gasteiger charge is 2.22. The molecule has 3 N–H and O–H groups in total. The number of unbranched alkanes of at least 4 members (excludes halogenated alkanes) is 1. The van der Waals surface area contributed by atoms with Gasteiger partial charge in [0.25, 0.3) is 5.91 Å². The highest BCUT2D eigenvalue weighted by Crippen LogP contribution is 2.27. The molecule has 0 unspecified atom stereocenters. The molecule has 1 aromatic rings. The molecule has 1 heterocycles. The van der Waals surface area contributed by atoms with Gasteiger partial charge < -0.3 is 20.9 Å². The Morgan fingerprint density at radius 2 is 2.00 bits per heavy atom. The van der Waals surface area contributed by atoms with Gasteiger partial charge in [-0.15, -0.1) is 0 Å². The summed E-state index contributed by atoms with van der Waals surface area (Å²) in [5, 5.41) is 8.86. The van der Waals surface area contributed by atoms with Crippen molar-refractivity contribution in [1.82, 2.24) is 10.2 Å². The Labute approximate surface area is 144 Å². The maximum atomic E-state index is 12.2. The van der Waals surface area contributed by atoms with E-state index in [4.69, 9.17) is 0 Å². The van der Waals surface area contributed by atoms with Crippen molar-refractivity contribution in [3.63, 3.8) is 0 Å². The van der Waals surface area contributed by atoms with Crippen LogP contribution in [0.15, 0.2) is 18.2 Å². The first-order valence-electron chi connectivity index (χ1n) is 8.69. The first-order valence-corrected chi connectivity index (χ1v) is 8.69. The summed E-state index contributed by atoms with van der Waals surface area (Å²) in [6.07, 6.45) is 3.33. The number of rotatable bonds is 8. The smallest absolute Gasteiger partial charge is 0.251 e. The van der Waals surface area contributed by atoms with Crippen LogP contribution in [0.5, 0.6) is 0 Å². The lowest BCUT2D eigenvalue weighted by Crippen LogP contribution is -2.36. The van der Waals surface area contributed by atoms with Crippen LogP contribution in [0, 0.1) is 0 Å². The summed E-state index contributed by atoms with van der Waals surface area (Å²) in [6, 6.07) is 5.06. The van der Waals surface area contributed by atoms with E-state index in [-0.39, 0.29) is 17.9 Å². The number of nitrogens with one attached hydrogen (secondary N) is 3. The second-order valence-electron chi connectivity index (χ2n) is 6.38. The quantitative estimate of drug-likeness (QED) is 0.639. The monoisotopic (exact) mass is 332 g/mol. The van der Waals surface area contributed by atoms with E-state index in [1.165, 1.54) is 12.8 Å². The van der Waals surface area contributed by atoms with Crippen LogP contribution in [-0.4, -0.2) is 49.4 Å². The molecule has 0 aliphatic carbocycles. The molecule has 2 amide bonds. The fourth-order valence-electron chi connectivity index (χ4n) is 2.65. The molecular formula is C18H28N4O2. The number of benzene rings is 1. The molecule has 0 saturated carbocycles. The lowest BCUT2D eigenvalue weighted by atomic mass is 10.1. The van der Waals surface area contributed by atoms with Crippen LogP contribution in [0.25, 0.3) is 0 Å².